The van der Waals surface area contributed by atoms with Gasteiger partial charge >= 0.3 is 5.70 Å². The molecule has 0 saturated heterocycles. The van der Waals surface area contributed by atoms with Crippen LogP contribution in [0.4, 0.5) is 0 Å². The van der Waals surface area contributed by atoms with E-state index in [2.05, 4.69) is 18.8 Å². The molecule has 0 N–H and O–H groups in total. The lowest BCUT2D eigenvalue weighted by Crippen LogP contribution is -1.96. The van der Waals surface area contributed by atoms with E-state index in [4.69, 9.17) is 0 Å². The third-order valence-corrected chi connectivity index (χ3v) is 3.18. The molecule has 0 bridgehead atoms. The molecule has 4 heteroatoms. The summed E-state index contributed by atoms with van der Waals surface area (Å²) < 4.78 is 0. The Labute approximate surface area is 128 Å². The lowest BCUT2D eigenvalue weighted by atomic mass is 10.1. The third kappa shape index (κ3) is 13.1. The Bertz CT molecular complexity index is 377. The molecule has 0 unspecified atom stereocenters. The van der Waals surface area contributed by atoms with Gasteiger partial charge in [0, 0.05) is 24.8 Å². The molecule has 0 amide bonds. The number of carbonyl (C=O) groups excluding carboxylic acids is 1. The topological polar surface area (TPSA) is 60.2 Å². The van der Waals surface area contributed by atoms with Crippen molar-refractivity contribution in [2.75, 3.05) is 0 Å². The van der Waals surface area contributed by atoms with Crippen LogP contribution in [0.25, 0.3) is 0 Å². The van der Waals surface area contributed by atoms with Crippen LogP contribution in [0.1, 0.15) is 77.6 Å². The highest BCUT2D eigenvalue weighted by atomic mass is 16.6. The zero-order valence-corrected chi connectivity index (χ0v) is 13.1. The minimum Gasteiger partial charge on any atom is -0.303 e. The normalized spacial score (nSPS) is 10.8. The van der Waals surface area contributed by atoms with Crippen molar-refractivity contribution in [1.29, 1.82) is 0 Å². The molecule has 0 saturated carbocycles. The summed E-state index contributed by atoms with van der Waals surface area (Å²) in [5, 5.41) is 10.9. The van der Waals surface area contributed by atoms with E-state index in [1.807, 2.05) is 0 Å². The van der Waals surface area contributed by atoms with Crippen LogP contribution in [0.5, 0.6) is 0 Å². The molecular formula is C17H27NO3. The van der Waals surface area contributed by atoms with Gasteiger partial charge in [-0.1, -0.05) is 44.9 Å². The van der Waals surface area contributed by atoms with Gasteiger partial charge in [-0.15, -0.1) is 0 Å². The van der Waals surface area contributed by atoms with Crippen LogP contribution in [0.3, 0.4) is 0 Å². The Kier molecular flexibility index (Phi) is 13.6. The van der Waals surface area contributed by atoms with Crippen molar-refractivity contribution in [3.8, 4) is 11.8 Å². The molecule has 0 rings (SSSR count). The average molecular weight is 293 g/mol. The van der Waals surface area contributed by atoms with E-state index in [0.717, 1.165) is 51.2 Å². The van der Waals surface area contributed by atoms with E-state index in [0.29, 0.717) is 12.8 Å². The largest absolute Gasteiger partial charge is 0.315 e. The smallest absolute Gasteiger partial charge is 0.303 e. The van der Waals surface area contributed by atoms with E-state index in [1.165, 1.54) is 12.8 Å². The average Bonchev–Trinajstić information content (AvgIpc) is 2.47. The predicted molar refractivity (Wildman–Crippen MR) is 85.4 cm³/mol. The number of nitrogens with zero attached hydrogens (tertiary/aromatic N) is 1. The summed E-state index contributed by atoms with van der Waals surface area (Å²) in [7, 11) is 0. The first-order chi connectivity index (χ1) is 10.2. The van der Waals surface area contributed by atoms with Crippen LogP contribution in [-0.2, 0) is 4.79 Å². The summed E-state index contributed by atoms with van der Waals surface area (Å²) >= 11 is 0. The fourth-order valence-corrected chi connectivity index (χ4v) is 1.93. The first kappa shape index (κ1) is 19.4. The first-order valence-corrected chi connectivity index (χ1v) is 7.99. The Morgan fingerprint density at radius 2 is 1.71 bits per heavy atom. The Morgan fingerprint density at radius 1 is 1.05 bits per heavy atom. The van der Waals surface area contributed by atoms with Crippen molar-refractivity contribution >= 4 is 6.29 Å². The van der Waals surface area contributed by atoms with Crippen molar-refractivity contribution in [2.24, 2.45) is 0 Å². The number of aldehydes is 1. The highest BCUT2D eigenvalue weighted by Gasteiger charge is 2.04. The number of hydrogen-bond acceptors (Lipinski definition) is 3. The van der Waals surface area contributed by atoms with Gasteiger partial charge in [0.05, 0.1) is 4.92 Å². The molecule has 4 nitrogen and oxygen atoms in total. The van der Waals surface area contributed by atoms with Gasteiger partial charge in [0.15, 0.2) is 0 Å². The fraction of sp³-hybridized carbons (Fsp3) is 0.706. The maximum atomic E-state index is 10.9. The maximum Gasteiger partial charge on any atom is 0.315 e. The number of rotatable bonds is 12. The van der Waals surface area contributed by atoms with Gasteiger partial charge in [0.25, 0.3) is 0 Å². The van der Waals surface area contributed by atoms with Gasteiger partial charge in [-0.3, -0.25) is 10.1 Å². The van der Waals surface area contributed by atoms with Crippen LogP contribution < -0.4 is 0 Å². The van der Waals surface area contributed by atoms with Crippen LogP contribution in [0, 0.1) is 22.0 Å². The van der Waals surface area contributed by atoms with E-state index in [9.17, 15) is 14.9 Å². The van der Waals surface area contributed by atoms with E-state index < -0.39 is 4.92 Å². The quantitative estimate of drug-likeness (QED) is 0.173. The summed E-state index contributed by atoms with van der Waals surface area (Å²) in [4.78, 5) is 20.6. The molecule has 0 aromatic carbocycles. The summed E-state index contributed by atoms with van der Waals surface area (Å²) in [6.45, 7) is 2.14. The molecule has 21 heavy (non-hydrogen) atoms. The number of nitro groups is 1. The van der Waals surface area contributed by atoms with E-state index in [-0.39, 0.29) is 5.70 Å². The molecule has 0 aliphatic carbocycles. The lowest BCUT2D eigenvalue weighted by Gasteiger charge is -1.95. The Morgan fingerprint density at radius 3 is 2.38 bits per heavy atom. The van der Waals surface area contributed by atoms with Gasteiger partial charge in [-0.05, 0) is 25.7 Å². The van der Waals surface area contributed by atoms with E-state index >= 15 is 0 Å². The monoisotopic (exact) mass is 293 g/mol. The number of carbonyl (C=O) groups is 1. The SMILES string of the molecule is CCCCCC/C=C(/C#CCCCCCCC=O)[N+](=O)[O-]. The molecule has 0 radical (unpaired) electrons. The molecule has 0 fully saturated rings. The third-order valence-electron chi connectivity index (χ3n) is 3.18. The molecule has 0 aromatic rings. The van der Waals surface area contributed by atoms with Crippen LogP contribution in [0.2, 0.25) is 0 Å². The van der Waals surface area contributed by atoms with Crippen LogP contribution in [0.15, 0.2) is 11.8 Å². The minimum absolute atomic E-state index is 0.0347. The van der Waals surface area contributed by atoms with Crippen molar-refractivity contribution in [1.82, 2.24) is 0 Å². The van der Waals surface area contributed by atoms with Gasteiger partial charge in [0.2, 0.25) is 0 Å². The summed E-state index contributed by atoms with van der Waals surface area (Å²) in [5.74, 6) is 5.55. The molecule has 0 aliphatic heterocycles. The summed E-state index contributed by atoms with van der Waals surface area (Å²) in [6, 6.07) is 0. The van der Waals surface area contributed by atoms with Crippen molar-refractivity contribution < 1.29 is 9.72 Å². The summed E-state index contributed by atoms with van der Waals surface area (Å²) in [5.41, 5.74) is 0.0347. The summed E-state index contributed by atoms with van der Waals surface area (Å²) in [6.07, 6.45) is 13.0. The van der Waals surface area contributed by atoms with Crippen molar-refractivity contribution in [2.45, 2.75) is 77.6 Å². The second-order valence-corrected chi connectivity index (χ2v) is 5.12. The fourth-order valence-electron chi connectivity index (χ4n) is 1.93. The van der Waals surface area contributed by atoms with Crippen molar-refractivity contribution in [3.05, 3.63) is 21.9 Å². The van der Waals surface area contributed by atoms with E-state index in [1.54, 1.807) is 6.08 Å². The molecule has 0 spiro atoms. The van der Waals surface area contributed by atoms with Crippen LogP contribution >= 0.6 is 0 Å². The highest BCUT2D eigenvalue weighted by Crippen LogP contribution is 2.07. The zero-order chi connectivity index (χ0) is 15.8. The number of unbranched alkanes of at least 4 members (excludes halogenated alkanes) is 9. The molecule has 0 aromatic heterocycles. The molecule has 0 heterocycles. The minimum atomic E-state index is -0.392. The predicted octanol–water partition coefficient (Wildman–Crippen LogP) is 4.66. The lowest BCUT2D eigenvalue weighted by molar-refractivity contribution is -0.417. The zero-order valence-electron chi connectivity index (χ0n) is 13.1. The Balaban J connectivity index is 3.92. The molecule has 118 valence electrons. The first-order valence-electron chi connectivity index (χ1n) is 7.99. The van der Waals surface area contributed by atoms with Gasteiger partial charge in [-0.25, -0.2) is 0 Å². The van der Waals surface area contributed by atoms with Gasteiger partial charge in [-0.2, -0.15) is 0 Å². The standard InChI is InChI=1S/C17H27NO3/c1-2-3-4-8-11-14-17(18(20)21)15-12-9-6-5-7-10-13-16-19/h14,16H,2-11,13H2,1H3/b17-14-. The molecule has 0 atom stereocenters. The number of hydrogen-bond donors (Lipinski definition) is 0. The van der Waals surface area contributed by atoms with Gasteiger partial charge in [0.1, 0.15) is 6.29 Å². The highest BCUT2D eigenvalue weighted by molar-refractivity contribution is 5.48. The Hall–Kier alpha value is -1.63. The van der Waals surface area contributed by atoms with Gasteiger partial charge < -0.3 is 4.79 Å². The molecular weight excluding hydrogens is 266 g/mol. The van der Waals surface area contributed by atoms with Crippen LogP contribution in [-0.4, -0.2) is 11.2 Å². The second kappa shape index (κ2) is 14.8. The number of allylic oxidation sites excluding steroid dienone is 2. The maximum absolute atomic E-state index is 10.9. The second-order valence-electron chi connectivity index (χ2n) is 5.12. The van der Waals surface area contributed by atoms with Crippen molar-refractivity contribution in [3.63, 3.8) is 0 Å². The molecule has 0 aliphatic rings.